The SMILES string of the molecule is Cc1cc(Cl)cc(C(=O)c2ccc3c(c2)CC(C)O3)c1. The smallest absolute Gasteiger partial charge is 0.193 e. The Hall–Kier alpha value is -1.80. The highest BCUT2D eigenvalue weighted by atomic mass is 35.5. The van der Waals surface area contributed by atoms with Crippen LogP contribution in [0.15, 0.2) is 36.4 Å². The lowest BCUT2D eigenvalue weighted by atomic mass is 9.99. The van der Waals surface area contributed by atoms with Crippen molar-refractivity contribution in [1.82, 2.24) is 0 Å². The number of fused-ring (bicyclic) bond motifs is 1. The summed E-state index contributed by atoms with van der Waals surface area (Å²) < 4.78 is 5.65. The molecule has 2 nitrogen and oxygen atoms in total. The third kappa shape index (κ3) is 2.44. The van der Waals surface area contributed by atoms with Crippen molar-refractivity contribution in [1.29, 1.82) is 0 Å². The fraction of sp³-hybridized carbons (Fsp3) is 0.235. The molecule has 0 radical (unpaired) electrons. The largest absolute Gasteiger partial charge is 0.490 e. The van der Waals surface area contributed by atoms with E-state index in [0.29, 0.717) is 16.1 Å². The molecule has 1 aliphatic heterocycles. The molecule has 1 atom stereocenters. The average Bonchev–Trinajstić information content (AvgIpc) is 2.75. The van der Waals surface area contributed by atoms with E-state index < -0.39 is 0 Å². The van der Waals surface area contributed by atoms with Crippen molar-refractivity contribution in [3.63, 3.8) is 0 Å². The predicted molar refractivity (Wildman–Crippen MR) is 79.9 cm³/mol. The van der Waals surface area contributed by atoms with Crippen LogP contribution in [0.2, 0.25) is 5.02 Å². The lowest BCUT2D eigenvalue weighted by Crippen LogP contribution is -2.05. The van der Waals surface area contributed by atoms with Crippen LogP contribution in [0.3, 0.4) is 0 Å². The van der Waals surface area contributed by atoms with Gasteiger partial charge in [0.1, 0.15) is 11.9 Å². The zero-order chi connectivity index (χ0) is 14.3. The number of ether oxygens (including phenoxy) is 1. The first-order valence-electron chi connectivity index (χ1n) is 6.64. The maximum absolute atomic E-state index is 12.5. The average molecular weight is 287 g/mol. The third-order valence-corrected chi connectivity index (χ3v) is 3.68. The van der Waals surface area contributed by atoms with Gasteiger partial charge in [-0.15, -0.1) is 0 Å². The first kappa shape index (κ1) is 13.2. The second-order valence-corrected chi connectivity index (χ2v) is 5.74. The highest BCUT2D eigenvalue weighted by Crippen LogP contribution is 2.30. The Morgan fingerprint density at radius 3 is 2.75 bits per heavy atom. The molecule has 0 amide bonds. The number of ketones is 1. The van der Waals surface area contributed by atoms with E-state index in [4.69, 9.17) is 16.3 Å². The molecule has 1 aliphatic rings. The van der Waals surface area contributed by atoms with Crippen LogP contribution in [0.25, 0.3) is 0 Å². The van der Waals surface area contributed by atoms with Gasteiger partial charge < -0.3 is 4.74 Å². The molecule has 2 aromatic rings. The molecule has 20 heavy (non-hydrogen) atoms. The molecular formula is C17H15ClO2. The Kier molecular flexibility index (Phi) is 3.27. The van der Waals surface area contributed by atoms with Crippen molar-refractivity contribution in [3.05, 3.63) is 63.7 Å². The summed E-state index contributed by atoms with van der Waals surface area (Å²) in [5.74, 6) is 0.884. The van der Waals surface area contributed by atoms with E-state index >= 15 is 0 Å². The summed E-state index contributed by atoms with van der Waals surface area (Å²) in [6, 6.07) is 11.0. The van der Waals surface area contributed by atoms with Gasteiger partial charge in [-0.05, 0) is 61.4 Å². The summed E-state index contributed by atoms with van der Waals surface area (Å²) in [6.45, 7) is 3.96. The molecule has 0 aromatic heterocycles. The fourth-order valence-corrected chi connectivity index (χ4v) is 2.89. The summed E-state index contributed by atoms with van der Waals surface area (Å²) in [4.78, 5) is 12.5. The first-order chi connectivity index (χ1) is 9.52. The van der Waals surface area contributed by atoms with Crippen molar-refractivity contribution in [2.75, 3.05) is 0 Å². The van der Waals surface area contributed by atoms with E-state index in [-0.39, 0.29) is 11.9 Å². The highest BCUT2D eigenvalue weighted by Gasteiger charge is 2.21. The van der Waals surface area contributed by atoms with Crippen molar-refractivity contribution in [2.24, 2.45) is 0 Å². The Morgan fingerprint density at radius 2 is 2.00 bits per heavy atom. The standard InChI is InChI=1S/C17H15ClO2/c1-10-5-14(9-15(18)6-10)17(19)12-3-4-16-13(8-12)7-11(2)20-16/h3-6,8-9,11H,7H2,1-2H3. The van der Waals surface area contributed by atoms with Crippen LogP contribution < -0.4 is 4.74 Å². The van der Waals surface area contributed by atoms with Crippen molar-refractivity contribution in [3.8, 4) is 5.75 Å². The maximum atomic E-state index is 12.5. The maximum Gasteiger partial charge on any atom is 0.193 e. The quantitative estimate of drug-likeness (QED) is 0.773. The summed E-state index contributed by atoms with van der Waals surface area (Å²) >= 11 is 6.02. The molecule has 1 heterocycles. The van der Waals surface area contributed by atoms with E-state index in [0.717, 1.165) is 23.3 Å². The molecule has 0 aliphatic carbocycles. The number of aryl methyl sites for hydroxylation is 1. The molecule has 0 N–H and O–H groups in total. The molecular weight excluding hydrogens is 272 g/mol. The first-order valence-corrected chi connectivity index (χ1v) is 7.02. The molecule has 0 saturated heterocycles. The predicted octanol–water partition coefficient (Wildman–Crippen LogP) is 4.20. The van der Waals surface area contributed by atoms with Gasteiger partial charge in [-0.1, -0.05) is 11.6 Å². The van der Waals surface area contributed by atoms with Crippen LogP contribution in [0.5, 0.6) is 5.75 Å². The molecule has 0 bridgehead atoms. The van der Waals surface area contributed by atoms with Crippen LogP contribution in [0.4, 0.5) is 0 Å². The summed E-state index contributed by atoms with van der Waals surface area (Å²) in [5.41, 5.74) is 3.39. The number of rotatable bonds is 2. The lowest BCUT2D eigenvalue weighted by molar-refractivity contribution is 0.103. The van der Waals surface area contributed by atoms with E-state index in [2.05, 4.69) is 0 Å². The zero-order valence-electron chi connectivity index (χ0n) is 11.4. The van der Waals surface area contributed by atoms with Crippen molar-refractivity contribution >= 4 is 17.4 Å². The minimum atomic E-state index is -0.00190. The number of hydrogen-bond donors (Lipinski definition) is 0. The monoisotopic (exact) mass is 286 g/mol. The van der Waals surface area contributed by atoms with Crippen molar-refractivity contribution < 1.29 is 9.53 Å². The zero-order valence-corrected chi connectivity index (χ0v) is 12.2. The molecule has 3 heteroatoms. The fourth-order valence-electron chi connectivity index (χ4n) is 2.60. The topological polar surface area (TPSA) is 26.3 Å². The van der Waals surface area contributed by atoms with Gasteiger partial charge in [0.15, 0.2) is 5.78 Å². The molecule has 3 rings (SSSR count). The van der Waals surface area contributed by atoms with Gasteiger partial charge in [0.25, 0.3) is 0 Å². The Labute approximate surface area is 123 Å². The molecule has 0 spiro atoms. The molecule has 1 unspecified atom stereocenters. The minimum Gasteiger partial charge on any atom is -0.490 e. The van der Waals surface area contributed by atoms with Gasteiger partial charge in [-0.25, -0.2) is 0 Å². The van der Waals surface area contributed by atoms with Crippen LogP contribution in [0, 0.1) is 6.92 Å². The van der Waals surface area contributed by atoms with Gasteiger partial charge in [-0.2, -0.15) is 0 Å². The van der Waals surface area contributed by atoms with E-state index in [1.807, 2.05) is 44.2 Å². The highest BCUT2D eigenvalue weighted by molar-refractivity contribution is 6.31. The molecule has 2 aromatic carbocycles. The Balaban J connectivity index is 1.97. The number of halogens is 1. The number of benzene rings is 2. The Morgan fingerprint density at radius 1 is 1.20 bits per heavy atom. The van der Waals surface area contributed by atoms with E-state index in [1.54, 1.807) is 6.07 Å². The van der Waals surface area contributed by atoms with Gasteiger partial charge >= 0.3 is 0 Å². The lowest BCUT2D eigenvalue weighted by Gasteiger charge is -2.06. The third-order valence-electron chi connectivity index (χ3n) is 3.46. The molecule has 0 fully saturated rings. The number of hydrogen-bond acceptors (Lipinski definition) is 2. The van der Waals surface area contributed by atoms with E-state index in [9.17, 15) is 4.79 Å². The van der Waals surface area contributed by atoms with Gasteiger partial charge in [-0.3, -0.25) is 4.79 Å². The summed E-state index contributed by atoms with van der Waals surface area (Å²) in [7, 11) is 0. The van der Waals surface area contributed by atoms with Crippen molar-refractivity contribution in [2.45, 2.75) is 26.4 Å². The minimum absolute atomic E-state index is 0.00190. The van der Waals surface area contributed by atoms with E-state index in [1.165, 1.54) is 0 Å². The number of carbonyl (C=O) groups excluding carboxylic acids is 1. The second-order valence-electron chi connectivity index (χ2n) is 5.30. The van der Waals surface area contributed by atoms with Crippen LogP contribution in [-0.2, 0) is 6.42 Å². The summed E-state index contributed by atoms with van der Waals surface area (Å²) in [6.07, 6.45) is 1.04. The second kappa shape index (κ2) is 4.95. The van der Waals surface area contributed by atoms with Crippen LogP contribution in [-0.4, -0.2) is 11.9 Å². The van der Waals surface area contributed by atoms with Crippen LogP contribution in [0.1, 0.15) is 34.0 Å². The van der Waals surface area contributed by atoms with Crippen LogP contribution >= 0.6 is 11.6 Å². The van der Waals surface area contributed by atoms with Gasteiger partial charge in [0.05, 0.1) is 0 Å². The molecule has 102 valence electrons. The normalized spacial score (nSPS) is 16.6. The van der Waals surface area contributed by atoms with Gasteiger partial charge in [0, 0.05) is 22.6 Å². The summed E-state index contributed by atoms with van der Waals surface area (Å²) in [5, 5.41) is 0.589. The molecule has 0 saturated carbocycles. The Bertz CT molecular complexity index is 671. The number of carbonyl (C=O) groups is 1. The van der Waals surface area contributed by atoms with Gasteiger partial charge in [0.2, 0.25) is 0 Å².